The predicted octanol–water partition coefficient (Wildman–Crippen LogP) is 3.66. The van der Waals surface area contributed by atoms with E-state index in [1.165, 1.54) is 5.57 Å². The zero-order valence-corrected chi connectivity index (χ0v) is 10.9. The fourth-order valence-electron chi connectivity index (χ4n) is 1.52. The van der Waals surface area contributed by atoms with Crippen LogP contribution in [0.1, 0.15) is 31.7 Å². The summed E-state index contributed by atoms with van der Waals surface area (Å²) in [5, 5.41) is 2.74. The molecule has 1 aromatic rings. The molecule has 0 atom stereocenters. The molecule has 98 valence electrons. The van der Waals surface area contributed by atoms with Crippen LogP contribution in [0, 0.1) is 0 Å². The minimum Gasteiger partial charge on any atom is -0.445 e. The molecule has 0 aromatic heterocycles. The third-order valence-electron chi connectivity index (χ3n) is 2.51. The Morgan fingerprint density at radius 2 is 2.00 bits per heavy atom. The van der Waals surface area contributed by atoms with Crippen LogP contribution in [0.2, 0.25) is 0 Å². The van der Waals surface area contributed by atoms with Gasteiger partial charge in [0.15, 0.2) is 0 Å². The largest absolute Gasteiger partial charge is 0.445 e. The van der Waals surface area contributed by atoms with Gasteiger partial charge in [0.2, 0.25) is 0 Å². The number of carbonyl (C=O) groups excluding carboxylic acids is 1. The average Bonchev–Trinajstić information content (AvgIpc) is 2.37. The first-order valence-corrected chi connectivity index (χ1v) is 6.27. The van der Waals surface area contributed by atoms with E-state index in [0.29, 0.717) is 13.2 Å². The summed E-state index contributed by atoms with van der Waals surface area (Å²) in [5.74, 6) is 0. The SMILES string of the molecule is C=C(C)CCCCNC(=O)OCc1ccccc1. The molecule has 0 fully saturated rings. The Bertz CT molecular complexity index is 373. The van der Waals surface area contributed by atoms with E-state index in [1.807, 2.05) is 37.3 Å². The molecular weight excluding hydrogens is 226 g/mol. The van der Waals surface area contributed by atoms with Crippen molar-refractivity contribution in [2.75, 3.05) is 6.54 Å². The Morgan fingerprint density at radius 3 is 2.67 bits per heavy atom. The second-order valence-electron chi connectivity index (χ2n) is 4.40. The highest BCUT2D eigenvalue weighted by molar-refractivity contribution is 5.67. The van der Waals surface area contributed by atoms with Crippen molar-refractivity contribution < 1.29 is 9.53 Å². The van der Waals surface area contributed by atoms with E-state index in [9.17, 15) is 4.79 Å². The molecule has 0 aliphatic heterocycles. The van der Waals surface area contributed by atoms with Crippen LogP contribution < -0.4 is 5.32 Å². The molecule has 0 heterocycles. The number of hydrogen-bond acceptors (Lipinski definition) is 2. The third-order valence-corrected chi connectivity index (χ3v) is 2.51. The maximum atomic E-state index is 11.4. The van der Waals surface area contributed by atoms with E-state index in [-0.39, 0.29) is 6.09 Å². The van der Waals surface area contributed by atoms with Crippen molar-refractivity contribution in [3.8, 4) is 0 Å². The van der Waals surface area contributed by atoms with Crippen molar-refractivity contribution >= 4 is 6.09 Å². The number of benzene rings is 1. The topological polar surface area (TPSA) is 38.3 Å². The Kier molecular flexibility index (Phi) is 6.62. The van der Waals surface area contributed by atoms with Crippen LogP contribution in [-0.4, -0.2) is 12.6 Å². The van der Waals surface area contributed by atoms with Crippen LogP contribution in [0.25, 0.3) is 0 Å². The number of unbranched alkanes of at least 4 members (excludes halogenated alkanes) is 1. The highest BCUT2D eigenvalue weighted by Crippen LogP contribution is 2.03. The number of ether oxygens (including phenoxy) is 1. The Hall–Kier alpha value is -1.77. The number of carbonyl (C=O) groups is 1. The summed E-state index contributed by atoms with van der Waals surface area (Å²) in [6, 6.07) is 9.65. The van der Waals surface area contributed by atoms with Crippen LogP contribution in [0.5, 0.6) is 0 Å². The zero-order valence-electron chi connectivity index (χ0n) is 10.9. The number of allylic oxidation sites excluding steroid dienone is 1. The van der Waals surface area contributed by atoms with Gasteiger partial charge in [0.1, 0.15) is 6.61 Å². The van der Waals surface area contributed by atoms with Gasteiger partial charge in [-0.25, -0.2) is 4.79 Å². The minimum absolute atomic E-state index is 0.318. The predicted molar refractivity (Wildman–Crippen MR) is 73.3 cm³/mol. The molecule has 0 radical (unpaired) electrons. The molecule has 1 amide bonds. The second-order valence-corrected chi connectivity index (χ2v) is 4.40. The smallest absolute Gasteiger partial charge is 0.407 e. The maximum absolute atomic E-state index is 11.4. The molecule has 3 nitrogen and oxygen atoms in total. The van der Waals surface area contributed by atoms with Gasteiger partial charge in [-0.05, 0) is 31.7 Å². The van der Waals surface area contributed by atoms with Gasteiger partial charge in [-0.15, -0.1) is 6.58 Å². The molecule has 1 rings (SSSR count). The lowest BCUT2D eigenvalue weighted by Crippen LogP contribution is -2.25. The normalized spacial score (nSPS) is 9.83. The monoisotopic (exact) mass is 247 g/mol. The van der Waals surface area contributed by atoms with Gasteiger partial charge in [0, 0.05) is 6.54 Å². The van der Waals surface area contributed by atoms with Crippen molar-refractivity contribution in [3.63, 3.8) is 0 Å². The molecule has 0 saturated carbocycles. The van der Waals surface area contributed by atoms with Gasteiger partial charge in [0.25, 0.3) is 0 Å². The number of nitrogens with one attached hydrogen (secondary N) is 1. The van der Waals surface area contributed by atoms with Crippen molar-refractivity contribution in [2.45, 2.75) is 32.8 Å². The van der Waals surface area contributed by atoms with Crippen LogP contribution in [0.3, 0.4) is 0 Å². The first kappa shape index (κ1) is 14.3. The zero-order chi connectivity index (χ0) is 13.2. The van der Waals surface area contributed by atoms with E-state index in [1.54, 1.807) is 0 Å². The highest BCUT2D eigenvalue weighted by Gasteiger charge is 2.01. The van der Waals surface area contributed by atoms with Gasteiger partial charge < -0.3 is 10.1 Å². The molecule has 0 spiro atoms. The first-order chi connectivity index (χ1) is 8.68. The average molecular weight is 247 g/mol. The summed E-state index contributed by atoms with van der Waals surface area (Å²) in [4.78, 5) is 11.4. The number of alkyl carbamates (subject to hydrolysis) is 1. The summed E-state index contributed by atoms with van der Waals surface area (Å²) < 4.78 is 5.09. The molecular formula is C15H21NO2. The highest BCUT2D eigenvalue weighted by atomic mass is 16.5. The van der Waals surface area contributed by atoms with Gasteiger partial charge in [-0.3, -0.25) is 0 Å². The summed E-state index contributed by atoms with van der Waals surface area (Å²) in [6.45, 7) is 6.83. The van der Waals surface area contributed by atoms with Crippen molar-refractivity contribution in [1.29, 1.82) is 0 Å². The Labute approximate surface area is 109 Å². The summed E-state index contributed by atoms with van der Waals surface area (Å²) in [5.41, 5.74) is 2.18. The van der Waals surface area contributed by atoms with Crippen molar-refractivity contribution in [1.82, 2.24) is 5.32 Å². The summed E-state index contributed by atoms with van der Waals surface area (Å²) >= 11 is 0. The maximum Gasteiger partial charge on any atom is 0.407 e. The fraction of sp³-hybridized carbons (Fsp3) is 0.400. The Balaban J connectivity index is 2.06. The van der Waals surface area contributed by atoms with E-state index < -0.39 is 0 Å². The molecule has 0 bridgehead atoms. The fourth-order valence-corrected chi connectivity index (χ4v) is 1.52. The van der Waals surface area contributed by atoms with Crippen LogP contribution >= 0.6 is 0 Å². The van der Waals surface area contributed by atoms with Gasteiger partial charge in [0.05, 0.1) is 0 Å². The molecule has 18 heavy (non-hydrogen) atoms. The quantitative estimate of drug-likeness (QED) is 0.590. The molecule has 3 heteroatoms. The van der Waals surface area contributed by atoms with E-state index in [2.05, 4.69) is 11.9 Å². The summed E-state index contributed by atoms with van der Waals surface area (Å²) in [6.07, 6.45) is 2.66. The van der Waals surface area contributed by atoms with Crippen LogP contribution in [0.15, 0.2) is 42.5 Å². The Morgan fingerprint density at radius 1 is 1.28 bits per heavy atom. The first-order valence-electron chi connectivity index (χ1n) is 6.27. The molecule has 0 unspecified atom stereocenters. The molecule has 0 saturated heterocycles. The second kappa shape index (κ2) is 8.34. The third kappa shape index (κ3) is 6.74. The molecule has 0 aliphatic carbocycles. The summed E-state index contributed by atoms with van der Waals surface area (Å²) in [7, 11) is 0. The molecule has 0 aliphatic rings. The van der Waals surface area contributed by atoms with Crippen molar-refractivity contribution in [3.05, 3.63) is 48.0 Å². The standard InChI is InChI=1S/C15H21NO2/c1-13(2)8-6-7-11-16-15(17)18-12-14-9-4-3-5-10-14/h3-5,9-10H,1,6-8,11-12H2,2H3,(H,16,17). The molecule has 1 N–H and O–H groups in total. The van der Waals surface area contributed by atoms with Crippen LogP contribution in [0.4, 0.5) is 4.79 Å². The minimum atomic E-state index is -0.353. The van der Waals surface area contributed by atoms with Gasteiger partial charge >= 0.3 is 6.09 Å². The lowest BCUT2D eigenvalue weighted by Gasteiger charge is -2.07. The van der Waals surface area contributed by atoms with Gasteiger partial charge in [-0.2, -0.15) is 0 Å². The van der Waals surface area contributed by atoms with E-state index >= 15 is 0 Å². The van der Waals surface area contributed by atoms with Gasteiger partial charge in [-0.1, -0.05) is 35.9 Å². The van der Waals surface area contributed by atoms with Crippen molar-refractivity contribution in [2.24, 2.45) is 0 Å². The number of rotatable bonds is 7. The van der Waals surface area contributed by atoms with E-state index in [0.717, 1.165) is 24.8 Å². The number of amides is 1. The lowest BCUT2D eigenvalue weighted by molar-refractivity contribution is 0.139. The van der Waals surface area contributed by atoms with E-state index in [4.69, 9.17) is 4.74 Å². The van der Waals surface area contributed by atoms with Crippen LogP contribution in [-0.2, 0) is 11.3 Å². The number of hydrogen-bond donors (Lipinski definition) is 1. The molecule has 1 aromatic carbocycles. The lowest BCUT2D eigenvalue weighted by atomic mass is 10.1.